The van der Waals surface area contributed by atoms with E-state index in [0.29, 0.717) is 28.8 Å². The molecule has 0 saturated carbocycles. The van der Waals surface area contributed by atoms with Crippen LogP contribution in [0.2, 0.25) is 5.02 Å². The van der Waals surface area contributed by atoms with Gasteiger partial charge in [0.1, 0.15) is 5.82 Å². The number of aromatic nitrogens is 2. The molecule has 1 saturated heterocycles. The van der Waals surface area contributed by atoms with Gasteiger partial charge in [-0.3, -0.25) is 0 Å². The van der Waals surface area contributed by atoms with Gasteiger partial charge in [0.25, 0.3) is 0 Å². The van der Waals surface area contributed by atoms with Gasteiger partial charge in [0, 0.05) is 12.6 Å². The van der Waals surface area contributed by atoms with Crippen molar-refractivity contribution in [2.45, 2.75) is 13.0 Å². The average Bonchev–Trinajstić information content (AvgIpc) is 2.83. The molecular weight excluding hydrogens is 323 g/mol. The fraction of sp³-hybridized carbons (Fsp3) is 0.417. The SMILES string of the molecule is O=S1(=O)CCC(Cn2c(=S)[nH]c3cc(F)c(Cl)cc32)C1. The summed E-state index contributed by atoms with van der Waals surface area (Å²) in [6, 6.07) is 2.82. The molecule has 1 unspecified atom stereocenters. The zero-order valence-corrected chi connectivity index (χ0v) is 12.8. The van der Waals surface area contributed by atoms with Gasteiger partial charge in [-0.15, -0.1) is 0 Å². The minimum absolute atomic E-state index is 0.0271. The number of benzene rings is 1. The van der Waals surface area contributed by atoms with Crippen LogP contribution in [0.1, 0.15) is 6.42 Å². The van der Waals surface area contributed by atoms with E-state index in [4.69, 9.17) is 23.8 Å². The van der Waals surface area contributed by atoms with Gasteiger partial charge in [0.05, 0.1) is 27.6 Å². The van der Waals surface area contributed by atoms with E-state index in [9.17, 15) is 12.8 Å². The molecule has 20 heavy (non-hydrogen) atoms. The predicted octanol–water partition coefficient (Wildman–Crippen LogP) is 2.93. The second-order valence-corrected chi connectivity index (χ2v) is 8.12. The van der Waals surface area contributed by atoms with Gasteiger partial charge in [0.2, 0.25) is 0 Å². The summed E-state index contributed by atoms with van der Waals surface area (Å²) in [7, 11) is -2.92. The first-order valence-corrected chi connectivity index (χ1v) is 8.74. The lowest BCUT2D eigenvalue weighted by atomic mass is 10.1. The van der Waals surface area contributed by atoms with Crippen LogP contribution < -0.4 is 0 Å². The summed E-state index contributed by atoms with van der Waals surface area (Å²) in [5.41, 5.74) is 1.27. The smallest absolute Gasteiger partial charge is 0.178 e. The van der Waals surface area contributed by atoms with Gasteiger partial charge in [-0.2, -0.15) is 0 Å². The predicted molar refractivity (Wildman–Crippen MR) is 78.9 cm³/mol. The molecule has 0 amide bonds. The monoisotopic (exact) mass is 334 g/mol. The van der Waals surface area contributed by atoms with E-state index in [0.717, 1.165) is 0 Å². The molecule has 1 fully saturated rings. The van der Waals surface area contributed by atoms with E-state index in [1.807, 2.05) is 0 Å². The van der Waals surface area contributed by atoms with E-state index in [1.165, 1.54) is 12.1 Å². The third-order valence-corrected chi connectivity index (χ3v) is 6.03. The van der Waals surface area contributed by atoms with Crippen molar-refractivity contribution in [2.75, 3.05) is 11.5 Å². The Bertz CT molecular complexity index is 841. The molecule has 0 radical (unpaired) electrons. The summed E-state index contributed by atoms with van der Waals surface area (Å²) < 4.78 is 38.7. The van der Waals surface area contributed by atoms with Crippen LogP contribution in [-0.2, 0) is 16.4 Å². The average molecular weight is 335 g/mol. The van der Waals surface area contributed by atoms with Crippen molar-refractivity contribution >= 4 is 44.7 Å². The number of nitrogens with one attached hydrogen (secondary N) is 1. The number of nitrogens with zero attached hydrogens (tertiary/aromatic N) is 1. The van der Waals surface area contributed by atoms with Crippen molar-refractivity contribution in [3.05, 3.63) is 27.7 Å². The fourth-order valence-electron chi connectivity index (χ4n) is 2.61. The fourth-order valence-corrected chi connectivity index (χ4v) is 4.90. The number of rotatable bonds is 2. The molecule has 0 spiro atoms. The van der Waals surface area contributed by atoms with Gasteiger partial charge in [-0.1, -0.05) is 11.6 Å². The Morgan fingerprint density at radius 1 is 1.50 bits per heavy atom. The molecule has 2 heterocycles. The molecule has 1 atom stereocenters. The summed E-state index contributed by atoms with van der Waals surface area (Å²) in [5, 5.41) is 0.0271. The summed E-state index contributed by atoms with van der Waals surface area (Å²) >= 11 is 11.0. The minimum Gasteiger partial charge on any atom is -0.330 e. The Kier molecular flexibility index (Phi) is 3.38. The number of halogens is 2. The highest BCUT2D eigenvalue weighted by Crippen LogP contribution is 2.26. The third-order valence-electron chi connectivity index (χ3n) is 3.58. The van der Waals surface area contributed by atoms with Gasteiger partial charge in [-0.05, 0) is 30.6 Å². The molecule has 1 aliphatic heterocycles. The van der Waals surface area contributed by atoms with Gasteiger partial charge in [-0.25, -0.2) is 12.8 Å². The van der Waals surface area contributed by atoms with Crippen molar-refractivity contribution < 1.29 is 12.8 Å². The number of hydrogen-bond donors (Lipinski definition) is 1. The Balaban J connectivity index is 2.02. The van der Waals surface area contributed by atoms with Gasteiger partial charge < -0.3 is 9.55 Å². The lowest BCUT2D eigenvalue weighted by molar-refractivity contribution is 0.495. The maximum Gasteiger partial charge on any atom is 0.178 e. The van der Waals surface area contributed by atoms with Crippen LogP contribution in [0.15, 0.2) is 12.1 Å². The molecule has 3 rings (SSSR count). The van der Waals surface area contributed by atoms with Crippen molar-refractivity contribution in [3.8, 4) is 0 Å². The number of fused-ring (bicyclic) bond motifs is 1. The topological polar surface area (TPSA) is 54.9 Å². The zero-order valence-electron chi connectivity index (χ0n) is 10.4. The molecule has 4 nitrogen and oxygen atoms in total. The molecule has 1 aliphatic rings. The number of imidazole rings is 1. The second-order valence-electron chi connectivity index (χ2n) is 5.09. The molecule has 8 heteroatoms. The first kappa shape index (κ1) is 14.0. The van der Waals surface area contributed by atoms with Crippen LogP contribution in [0.4, 0.5) is 4.39 Å². The maximum absolute atomic E-state index is 13.4. The van der Waals surface area contributed by atoms with Gasteiger partial charge in [0.15, 0.2) is 14.6 Å². The largest absolute Gasteiger partial charge is 0.330 e. The van der Waals surface area contributed by atoms with Crippen LogP contribution in [0.3, 0.4) is 0 Å². The molecule has 0 aliphatic carbocycles. The van der Waals surface area contributed by atoms with Gasteiger partial charge >= 0.3 is 0 Å². The number of hydrogen-bond acceptors (Lipinski definition) is 3. The van der Waals surface area contributed by atoms with Crippen molar-refractivity contribution in [3.63, 3.8) is 0 Å². The van der Waals surface area contributed by atoms with Crippen LogP contribution in [0.5, 0.6) is 0 Å². The van der Waals surface area contributed by atoms with Crippen LogP contribution in [0, 0.1) is 16.5 Å². The van der Waals surface area contributed by atoms with Crippen LogP contribution in [-0.4, -0.2) is 29.5 Å². The van der Waals surface area contributed by atoms with E-state index in [2.05, 4.69) is 4.98 Å². The number of H-pyrrole nitrogens is 1. The normalized spacial score (nSPS) is 21.6. The molecule has 108 valence electrons. The summed E-state index contributed by atoms with van der Waals surface area (Å²) in [5.74, 6) is -0.0698. The number of aromatic amines is 1. The molecule has 2 aromatic rings. The van der Waals surface area contributed by atoms with E-state index in [1.54, 1.807) is 4.57 Å². The molecule has 0 bridgehead atoms. The number of sulfone groups is 1. The molecule has 1 N–H and O–H groups in total. The Hall–Kier alpha value is -0.920. The Morgan fingerprint density at radius 2 is 2.25 bits per heavy atom. The summed E-state index contributed by atoms with van der Waals surface area (Å²) in [4.78, 5) is 2.92. The second kappa shape index (κ2) is 4.82. The quantitative estimate of drug-likeness (QED) is 0.859. The summed E-state index contributed by atoms with van der Waals surface area (Å²) in [6.45, 7) is 0.500. The lowest BCUT2D eigenvalue weighted by Crippen LogP contribution is -2.12. The Morgan fingerprint density at radius 3 is 2.90 bits per heavy atom. The van der Waals surface area contributed by atoms with E-state index < -0.39 is 15.7 Å². The maximum atomic E-state index is 13.4. The van der Waals surface area contributed by atoms with Crippen molar-refractivity contribution in [2.24, 2.45) is 5.92 Å². The first-order chi connectivity index (χ1) is 9.35. The van der Waals surface area contributed by atoms with Crippen molar-refractivity contribution in [1.29, 1.82) is 0 Å². The third kappa shape index (κ3) is 2.49. The zero-order chi connectivity index (χ0) is 14.5. The lowest BCUT2D eigenvalue weighted by Gasteiger charge is -2.10. The Labute approximate surface area is 125 Å². The van der Waals surface area contributed by atoms with Crippen molar-refractivity contribution in [1.82, 2.24) is 9.55 Å². The molecule has 1 aromatic carbocycles. The molecule has 1 aromatic heterocycles. The van der Waals surface area contributed by atoms with Crippen LogP contribution in [0.25, 0.3) is 11.0 Å². The van der Waals surface area contributed by atoms with E-state index >= 15 is 0 Å². The minimum atomic E-state index is -2.92. The summed E-state index contributed by atoms with van der Waals surface area (Å²) in [6.07, 6.45) is 0.631. The van der Waals surface area contributed by atoms with Crippen LogP contribution >= 0.6 is 23.8 Å². The highest BCUT2D eigenvalue weighted by atomic mass is 35.5. The first-order valence-electron chi connectivity index (χ1n) is 6.14. The highest BCUT2D eigenvalue weighted by molar-refractivity contribution is 7.91. The highest BCUT2D eigenvalue weighted by Gasteiger charge is 2.28. The standard InChI is InChI=1S/C12H12ClFN2O2S2/c13-8-3-11-10(4-9(8)14)15-12(19)16(11)5-7-1-2-20(17,18)6-7/h3-4,7H,1-2,5-6H2,(H,15,19). The van der Waals surface area contributed by atoms with E-state index in [-0.39, 0.29) is 22.4 Å². The molecular formula is C12H12ClFN2O2S2.